The zero-order chi connectivity index (χ0) is 16.4. The predicted octanol–water partition coefficient (Wildman–Crippen LogP) is 4.43. The van der Waals surface area contributed by atoms with Crippen molar-refractivity contribution in [2.24, 2.45) is 0 Å². The first kappa shape index (κ1) is 15.6. The molecule has 1 N–H and O–H groups in total. The molecular formula is C20H22O3. The highest BCUT2D eigenvalue weighted by Gasteiger charge is 2.31. The molecule has 0 amide bonds. The number of fused-ring (bicyclic) bond motifs is 1. The molecule has 0 aromatic heterocycles. The predicted molar refractivity (Wildman–Crippen MR) is 91.1 cm³/mol. The van der Waals surface area contributed by atoms with Gasteiger partial charge < -0.3 is 14.6 Å². The highest BCUT2D eigenvalue weighted by Crippen LogP contribution is 2.40. The van der Waals surface area contributed by atoms with Gasteiger partial charge in [-0.1, -0.05) is 36.4 Å². The molecule has 0 bridgehead atoms. The maximum Gasteiger partial charge on any atom is 0.129 e. The Bertz CT molecular complexity index is 717. The lowest BCUT2D eigenvalue weighted by Gasteiger charge is -2.34. The average molecular weight is 310 g/mol. The van der Waals surface area contributed by atoms with E-state index in [9.17, 15) is 5.11 Å². The van der Waals surface area contributed by atoms with E-state index in [1.807, 2.05) is 68.5 Å². The van der Waals surface area contributed by atoms with Crippen LogP contribution >= 0.6 is 0 Å². The first-order chi connectivity index (χ1) is 11.0. The van der Waals surface area contributed by atoms with Crippen LogP contribution in [-0.4, -0.2) is 12.2 Å². The molecule has 0 spiro atoms. The number of aliphatic hydroxyl groups excluding tert-OH is 1. The topological polar surface area (TPSA) is 38.7 Å². The van der Waals surface area contributed by atoms with Crippen LogP contribution in [0.2, 0.25) is 0 Å². The van der Waals surface area contributed by atoms with Crippen LogP contribution in [0.25, 0.3) is 6.08 Å². The quantitative estimate of drug-likeness (QED) is 0.908. The Morgan fingerprint density at radius 3 is 2.57 bits per heavy atom. The maximum atomic E-state index is 10.4. The molecule has 0 saturated heterocycles. The summed E-state index contributed by atoms with van der Waals surface area (Å²) in [7, 11) is 1.66. The van der Waals surface area contributed by atoms with Crippen molar-refractivity contribution in [3.05, 3.63) is 71.0 Å². The summed E-state index contributed by atoms with van der Waals surface area (Å²) in [5, 5.41) is 10.4. The van der Waals surface area contributed by atoms with Crippen molar-refractivity contribution in [1.29, 1.82) is 0 Å². The van der Waals surface area contributed by atoms with Gasteiger partial charge in [0.2, 0.25) is 0 Å². The van der Waals surface area contributed by atoms with Gasteiger partial charge in [-0.15, -0.1) is 0 Å². The van der Waals surface area contributed by atoms with Crippen LogP contribution in [0.15, 0.2) is 54.3 Å². The number of benzene rings is 2. The van der Waals surface area contributed by atoms with Gasteiger partial charge in [-0.2, -0.15) is 0 Å². The third-order valence-corrected chi connectivity index (χ3v) is 4.19. The molecule has 1 heterocycles. The van der Waals surface area contributed by atoms with Gasteiger partial charge in [0.05, 0.1) is 13.2 Å². The molecule has 3 heteroatoms. The molecule has 1 aliphatic rings. The van der Waals surface area contributed by atoms with Crippen LogP contribution in [0.3, 0.4) is 0 Å². The van der Waals surface area contributed by atoms with Crippen LogP contribution in [-0.2, 0) is 10.3 Å². The van der Waals surface area contributed by atoms with E-state index in [2.05, 4.69) is 0 Å². The van der Waals surface area contributed by atoms with E-state index in [1.165, 1.54) is 0 Å². The van der Waals surface area contributed by atoms with Crippen molar-refractivity contribution in [2.45, 2.75) is 32.0 Å². The minimum Gasteiger partial charge on any atom is -0.497 e. The number of hydrogen-bond donors (Lipinski definition) is 1. The number of ether oxygens (including phenoxy) is 2. The summed E-state index contributed by atoms with van der Waals surface area (Å²) < 4.78 is 11.4. The van der Waals surface area contributed by atoms with E-state index in [-0.39, 0.29) is 0 Å². The van der Waals surface area contributed by atoms with Crippen molar-refractivity contribution >= 4 is 6.08 Å². The van der Waals surface area contributed by atoms with Gasteiger partial charge in [0.1, 0.15) is 17.1 Å². The minimum absolute atomic E-state index is 0.454. The molecule has 120 valence electrons. The van der Waals surface area contributed by atoms with E-state index in [0.717, 1.165) is 28.2 Å². The number of hydrogen-bond acceptors (Lipinski definition) is 3. The molecule has 0 fully saturated rings. The highest BCUT2D eigenvalue weighted by molar-refractivity contribution is 5.61. The Balaban J connectivity index is 1.88. The van der Waals surface area contributed by atoms with Crippen molar-refractivity contribution in [1.82, 2.24) is 0 Å². The maximum absolute atomic E-state index is 10.4. The zero-order valence-electron chi connectivity index (χ0n) is 13.7. The lowest BCUT2D eigenvalue weighted by molar-refractivity contribution is 0.0130. The lowest BCUT2D eigenvalue weighted by Crippen LogP contribution is -2.26. The molecule has 2 aromatic carbocycles. The SMILES string of the molecule is COc1ccc2c(c1)C(C)(C)OC(CC(O)c1ccccc1)=C2. The molecule has 1 atom stereocenters. The van der Waals surface area contributed by atoms with Gasteiger partial charge in [0, 0.05) is 12.0 Å². The molecule has 1 aliphatic heterocycles. The van der Waals surface area contributed by atoms with Gasteiger partial charge in [-0.25, -0.2) is 0 Å². The Morgan fingerprint density at radius 2 is 1.87 bits per heavy atom. The largest absolute Gasteiger partial charge is 0.497 e. The summed E-state index contributed by atoms with van der Waals surface area (Å²) in [6.45, 7) is 4.07. The molecule has 3 rings (SSSR count). The molecule has 2 aromatic rings. The minimum atomic E-state index is -0.571. The van der Waals surface area contributed by atoms with E-state index in [1.54, 1.807) is 7.11 Å². The van der Waals surface area contributed by atoms with Crippen LogP contribution in [0.4, 0.5) is 0 Å². The van der Waals surface area contributed by atoms with Crippen molar-refractivity contribution < 1.29 is 14.6 Å². The third-order valence-electron chi connectivity index (χ3n) is 4.19. The summed E-state index contributed by atoms with van der Waals surface area (Å²) in [5.74, 6) is 1.62. The van der Waals surface area contributed by atoms with E-state index < -0.39 is 11.7 Å². The average Bonchev–Trinajstić information content (AvgIpc) is 2.55. The fourth-order valence-corrected chi connectivity index (χ4v) is 2.98. The zero-order valence-corrected chi connectivity index (χ0v) is 13.7. The fourth-order valence-electron chi connectivity index (χ4n) is 2.98. The first-order valence-corrected chi connectivity index (χ1v) is 7.81. The molecular weight excluding hydrogens is 288 g/mol. The molecule has 3 nitrogen and oxygen atoms in total. The number of methoxy groups -OCH3 is 1. The summed E-state index contributed by atoms with van der Waals surface area (Å²) in [4.78, 5) is 0. The Labute approximate surface area is 137 Å². The molecule has 0 radical (unpaired) electrons. The third kappa shape index (κ3) is 3.25. The van der Waals surface area contributed by atoms with Gasteiger partial charge in [-0.05, 0) is 43.2 Å². The van der Waals surface area contributed by atoms with Crippen LogP contribution in [0, 0.1) is 0 Å². The second-order valence-corrected chi connectivity index (χ2v) is 6.31. The van der Waals surface area contributed by atoms with Crippen molar-refractivity contribution in [3.8, 4) is 5.75 Å². The van der Waals surface area contributed by atoms with Crippen LogP contribution in [0.5, 0.6) is 5.75 Å². The van der Waals surface area contributed by atoms with Crippen LogP contribution in [0.1, 0.15) is 43.1 Å². The molecule has 1 unspecified atom stereocenters. The monoisotopic (exact) mass is 310 g/mol. The van der Waals surface area contributed by atoms with E-state index in [0.29, 0.717) is 6.42 Å². The normalized spacial score (nSPS) is 16.8. The van der Waals surface area contributed by atoms with Gasteiger partial charge in [0.15, 0.2) is 0 Å². The Hall–Kier alpha value is -2.26. The standard InChI is InChI=1S/C20H22O3/c1-20(2)18-12-16(22-3)10-9-15(18)11-17(23-20)13-19(21)14-7-5-4-6-8-14/h4-12,19,21H,13H2,1-3H3. The van der Waals surface area contributed by atoms with Gasteiger partial charge in [0.25, 0.3) is 0 Å². The Morgan fingerprint density at radius 1 is 1.13 bits per heavy atom. The smallest absolute Gasteiger partial charge is 0.129 e. The molecule has 0 saturated carbocycles. The lowest BCUT2D eigenvalue weighted by atomic mass is 9.89. The van der Waals surface area contributed by atoms with E-state index >= 15 is 0 Å². The summed E-state index contributed by atoms with van der Waals surface area (Å²) in [6.07, 6.45) is 1.89. The van der Waals surface area contributed by atoms with Gasteiger partial charge >= 0.3 is 0 Å². The summed E-state index contributed by atoms with van der Waals surface area (Å²) >= 11 is 0. The Kier molecular flexibility index (Phi) is 4.14. The highest BCUT2D eigenvalue weighted by atomic mass is 16.5. The van der Waals surface area contributed by atoms with Crippen molar-refractivity contribution in [2.75, 3.05) is 7.11 Å². The number of rotatable bonds is 4. The molecule has 0 aliphatic carbocycles. The summed E-state index contributed by atoms with van der Waals surface area (Å²) in [5.41, 5.74) is 2.65. The summed E-state index contributed by atoms with van der Waals surface area (Å²) in [6, 6.07) is 15.7. The van der Waals surface area contributed by atoms with Crippen LogP contribution < -0.4 is 4.74 Å². The van der Waals surface area contributed by atoms with Crippen molar-refractivity contribution in [3.63, 3.8) is 0 Å². The second-order valence-electron chi connectivity index (χ2n) is 6.31. The second kappa shape index (κ2) is 6.09. The van der Waals surface area contributed by atoms with E-state index in [4.69, 9.17) is 9.47 Å². The van der Waals surface area contributed by atoms with Gasteiger partial charge in [-0.3, -0.25) is 0 Å². The number of aliphatic hydroxyl groups is 1. The fraction of sp³-hybridized carbons (Fsp3) is 0.300. The first-order valence-electron chi connectivity index (χ1n) is 7.81. The molecule has 23 heavy (non-hydrogen) atoms.